The lowest BCUT2D eigenvalue weighted by molar-refractivity contribution is -0.139. The first kappa shape index (κ1) is 26.5. The molecule has 0 amide bonds. The van der Waals surface area contributed by atoms with Crippen LogP contribution in [0.1, 0.15) is 25.8 Å². The van der Waals surface area contributed by atoms with E-state index in [2.05, 4.69) is 0 Å². The fourth-order valence-electron chi connectivity index (χ4n) is 4.39. The Morgan fingerprint density at radius 2 is 1.74 bits per heavy atom. The molecule has 35 heavy (non-hydrogen) atoms. The molecule has 7 nitrogen and oxygen atoms in total. The molecule has 3 N–H and O–H groups in total. The van der Waals surface area contributed by atoms with Crippen LogP contribution in [0.15, 0.2) is 78.9 Å². The summed E-state index contributed by atoms with van der Waals surface area (Å²) in [6.07, 6.45) is 8.12. The Morgan fingerprint density at radius 1 is 1.06 bits per heavy atom. The second kappa shape index (κ2) is 12.5. The Bertz CT molecular complexity index is 990. The molecule has 2 aromatic carbocycles. The minimum atomic E-state index is -1.25. The maximum absolute atomic E-state index is 11.8. The summed E-state index contributed by atoms with van der Waals surface area (Å²) in [5.74, 6) is 0.0200. The number of rotatable bonds is 13. The number of aliphatic hydroxyl groups is 2. The summed E-state index contributed by atoms with van der Waals surface area (Å²) in [4.78, 5) is 12.7. The molecule has 1 aliphatic carbocycles. The Labute approximate surface area is 206 Å². The number of ether oxygens (including phenoxy) is 2. The highest BCUT2D eigenvalue weighted by atomic mass is 16.5. The van der Waals surface area contributed by atoms with E-state index < -0.39 is 24.4 Å². The van der Waals surface area contributed by atoms with Gasteiger partial charge in [-0.25, -0.2) is 4.79 Å². The molecule has 0 saturated heterocycles. The summed E-state index contributed by atoms with van der Waals surface area (Å²) in [7, 11) is 0. The van der Waals surface area contributed by atoms with Gasteiger partial charge in [0.15, 0.2) is 6.61 Å². The summed E-state index contributed by atoms with van der Waals surface area (Å²) < 4.78 is 11.0. The van der Waals surface area contributed by atoms with Crippen molar-refractivity contribution in [3.8, 4) is 11.5 Å². The first-order chi connectivity index (χ1) is 16.8. The predicted molar refractivity (Wildman–Crippen MR) is 134 cm³/mol. The summed E-state index contributed by atoms with van der Waals surface area (Å²) >= 11 is 0. The van der Waals surface area contributed by atoms with Gasteiger partial charge in [-0.3, -0.25) is 4.90 Å². The minimum Gasteiger partial charge on any atom is -0.491 e. The van der Waals surface area contributed by atoms with Crippen LogP contribution in [0.25, 0.3) is 0 Å². The highest BCUT2D eigenvalue weighted by Crippen LogP contribution is 2.33. The van der Waals surface area contributed by atoms with Crippen LogP contribution in [0.5, 0.6) is 11.5 Å². The highest BCUT2D eigenvalue weighted by Gasteiger charge is 2.42. The van der Waals surface area contributed by atoms with Crippen molar-refractivity contribution in [1.82, 2.24) is 4.90 Å². The van der Waals surface area contributed by atoms with Gasteiger partial charge in [0.05, 0.1) is 0 Å². The van der Waals surface area contributed by atoms with E-state index in [1.54, 1.807) is 18.2 Å². The van der Waals surface area contributed by atoms with Crippen LogP contribution in [0.4, 0.5) is 0 Å². The van der Waals surface area contributed by atoms with Crippen LogP contribution >= 0.6 is 0 Å². The molecule has 0 aromatic heterocycles. The number of aliphatic hydroxyl groups excluding tert-OH is 1. The van der Waals surface area contributed by atoms with Crippen LogP contribution < -0.4 is 9.47 Å². The normalized spacial score (nSPS) is 21.0. The zero-order chi connectivity index (χ0) is 25.3. The van der Waals surface area contributed by atoms with Gasteiger partial charge in [-0.15, -0.1) is 0 Å². The van der Waals surface area contributed by atoms with E-state index in [-0.39, 0.29) is 25.1 Å². The molecule has 0 heterocycles. The Balaban J connectivity index is 1.73. The van der Waals surface area contributed by atoms with Gasteiger partial charge in [0.25, 0.3) is 0 Å². The number of carbonyl (C=O) groups is 1. The van der Waals surface area contributed by atoms with E-state index in [0.29, 0.717) is 17.9 Å². The van der Waals surface area contributed by atoms with Gasteiger partial charge < -0.3 is 24.8 Å². The van der Waals surface area contributed by atoms with Gasteiger partial charge in [-0.05, 0) is 55.7 Å². The fraction of sp³-hybridized carbons (Fsp3) is 0.393. The van der Waals surface area contributed by atoms with Crippen LogP contribution in [0, 0.1) is 5.92 Å². The van der Waals surface area contributed by atoms with Crippen LogP contribution in [0.2, 0.25) is 0 Å². The molecular formula is C28H35NO6. The average Bonchev–Trinajstić information content (AvgIpc) is 2.86. The lowest BCUT2D eigenvalue weighted by Crippen LogP contribution is -2.59. The third-order valence-corrected chi connectivity index (χ3v) is 6.18. The number of allylic oxidation sites excluding steroid dienone is 2. The van der Waals surface area contributed by atoms with Gasteiger partial charge in [0.2, 0.25) is 0 Å². The van der Waals surface area contributed by atoms with Crippen LogP contribution in [0.3, 0.4) is 0 Å². The lowest BCUT2D eigenvalue weighted by atomic mass is 9.85. The number of hydrogen-bond donors (Lipinski definition) is 3. The molecule has 1 unspecified atom stereocenters. The van der Waals surface area contributed by atoms with Crippen molar-refractivity contribution in [2.45, 2.75) is 44.6 Å². The Kier molecular flexibility index (Phi) is 9.48. The molecule has 3 rings (SSSR count). The third kappa shape index (κ3) is 7.42. The first-order valence-corrected chi connectivity index (χ1v) is 12.0. The summed E-state index contributed by atoms with van der Waals surface area (Å²) in [6, 6.07) is 16.5. The fourth-order valence-corrected chi connectivity index (χ4v) is 4.39. The molecule has 1 aliphatic rings. The smallest absolute Gasteiger partial charge is 0.341 e. The predicted octanol–water partition coefficient (Wildman–Crippen LogP) is 3.66. The number of carboxylic acid groups (broad SMARTS) is 1. The number of hydrogen-bond acceptors (Lipinski definition) is 6. The maximum Gasteiger partial charge on any atom is 0.341 e. The molecule has 0 fully saturated rings. The second-order valence-electron chi connectivity index (χ2n) is 8.85. The quantitative estimate of drug-likeness (QED) is 0.376. The Hall–Kier alpha value is -3.13. The van der Waals surface area contributed by atoms with E-state index in [9.17, 15) is 15.0 Å². The van der Waals surface area contributed by atoms with Crippen molar-refractivity contribution in [2.75, 3.05) is 19.8 Å². The number of carboxylic acids is 1. The van der Waals surface area contributed by atoms with Gasteiger partial charge in [-0.2, -0.15) is 0 Å². The number of nitrogens with zero attached hydrogens (tertiary/aromatic N) is 1. The highest BCUT2D eigenvalue weighted by molar-refractivity contribution is 5.68. The van der Waals surface area contributed by atoms with E-state index in [0.717, 1.165) is 12.0 Å². The molecule has 0 radical (unpaired) electrons. The summed E-state index contributed by atoms with van der Waals surface area (Å²) in [5.41, 5.74) is -0.242. The third-order valence-electron chi connectivity index (χ3n) is 6.18. The second-order valence-corrected chi connectivity index (χ2v) is 8.85. The van der Waals surface area contributed by atoms with Crippen molar-refractivity contribution in [2.24, 2.45) is 5.92 Å². The standard InChI is InChI=1S/C28H35NO6/c1-3-23-9-7-8-16-28(23,33)29(18-24(30)19-34-25-10-5-4-6-11-25)21(2)17-22-12-14-26(15-13-22)35-20-27(31)32/h4-16,21,23-24,30,33H,3,17-20H2,1-2H3,(H,31,32)/t21-,23-,24-,28?/m1/s1. The van der Waals surface area contributed by atoms with Crippen LogP contribution in [-0.4, -0.2) is 63.8 Å². The average molecular weight is 482 g/mol. The maximum atomic E-state index is 11.8. The van der Waals surface area contributed by atoms with Gasteiger partial charge >= 0.3 is 5.97 Å². The largest absolute Gasteiger partial charge is 0.491 e. The molecule has 4 atom stereocenters. The zero-order valence-electron chi connectivity index (χ0n) is 20.3. The molecule has 7 heteroatoms. The Morgan fingerprint density at radius 3 is 2.40 bits per heavy atom. The van der Waals surface area contributed by atoms with Crippen molar-refractivity contribution >= 4 is 5.97 Å². The van der Waals surface area contributed by atoms with Crippen molar-refractivity contribution in [3.05, 3.63) is 84.5 Å². The molecular weight excluding hydrogens is 446 g/mol. The van der Waals surface area contributed by atoms with Gasteiger partial charge in [-0.1, -0.05) is 55.5 Å². The molecule has 2 aromatic rings. The zero-order valence-corrected chi connectivity index (χ0v) is 20.3. The van der Waals surface area contributed by atoms with Crippen molar-refractivity contribution in [1.29, 1.82) is 0 Å². The number of benzene rings is 2. The minimum absolute atomic E-state index is 0.106. The van der Waals surface area contributed by atoms with Gasteiger partial charge in [0, 0.05) is 18.5 Å². The van der Waals surface area contributed by atoms with E-state index in [4.69, 9.17) is 14.6 Å². The molecule has 188 valence electrons. The van der Waals surface area contributed by atoms with E-state index >= 15 is 0 Å². The van der Waals surface area contributed by atoms with Crippen molar-refractivity contribution in [3.63, 3.8) is 0 Å². The van der Waals surface area contributed by atoms with Crippen LogP contribution in [-0.2, 0) is 11.2 Å². The van der Waals surface area contributed by atoms with E-state index in [1.165, 1.54) is 0 Å². The number of aliphatic carboxylic acids is 1. The van der Waals surface area contributed by atoms with E-state index in [1.807, 2.05) is 79.4 Å². The summed E-state index contributed by atoms with van der Waals surface area (Å²) in [6.45, 7) is 4.00. The monoisotopic (exact) mass is 481 g/mol. The summed E-state index contributed by atoms with van der Waals surface area (Å²) in [5, 5.41) is 31.4. The SMILES string of the molecule is CC[C@@H]1C=CC=CC1(O)N(C[C@@H](O)COc1ccccc1)[C@H](C)Cc1ccc(OCC(=O)O)cc1. The lowest BCUT2D eigenvalue weighted by Gasteiger charge is -2.47. The molecule has 0 bridgehead atoms. The van der Waals surface area contributed by atoms with Gasteiger partial charge in [0.1, 0.15) is 29.9 Å². The topological polar surface area (TPSA) is 99.5 Å². The van der Waals surface area contributed by atoms with Crippen molar-refractivity contribution < 1.29 is 29.6 Å². The number of para-hydroxylation sites is 1. The molecule has 0 saturated carbocycles. The first-order valence-electron chi connectivity index (χ1n) is 12.0. The molecule has 0 spiro atoms. The molecule has 0 aliphatic heterocycles.